The van der Waals surface area contributed by atoms with Gasteiger partial charge in [0.15, 0.2) is 17.7 Å². The lowest BCUT2D eigenvalue weighted by Gasteiger charge is -2.27. The Morgan fingerprint density at radius 3 is 2.76 bits per heavy atom. The van der Waals surface area contributed by atoms with Crippen LogP contribution in [0.2, 0.25) is 5.02 Å². The average Bonchev–Trinajstić information content (AvgIpc) is 2.61. The first-order valence-corrected chi connectivity index (χ1v) is 8.67. The van der Waals surface area contributed by atoms with Crippen molar-refractivity contribution in [1.29, 1.82) is 0 Å². The number of halogens is 1. The Morgan fingerprint density at radius 2 is 2.00 bits per heavy atom. The molecule has 1 atom stereocenters. The summed E-state index contributed by atoms with van der Waals surface area (Å²) in [4.78, 5) is 12.3. The zero-order chi connectivity index (χ0) is 17.8. The first-order valence-electron chi connectivity index (χ1n) is 8.29. The number of carbonyl (C=O) groups excluding carboxylic acids is 1. The molecule has 1 N–H and O–H groups in total. The molecule has 132 valence electrons. The van der Waals surface area contributed by atoms with Gasteiger partial charge in [-0.05, 0) is 37.6 Å². The van der Waals surface area contributed by atoms with Gasteiger partial charge in [0.2, 0.25) is 0 Å². The summed E-state index contributed by atoms with van der Waals surface area (Å²) >= 11 is 6.39. The van der Waals surface area contributed by atoms with Crippen LogP contribution in [0.25, 0.3) is 0 Å². The van der Waals surface area contributed by atoms with Crippen molar-refractivity contribution in [3.8, 4) is 17.2 Å². The minimum atomic E-state index is -0.640. The number of amides is 1. The summed E-state index contributed by atoms with van der Waals surface area (Å²) in [7, 11) is 0. The van der Waals surface area contributed by atoms with Gasteiger partial charge in [-0.15, -0.1) is 0 Å². The first-order chi connectivity index (χ1) is 12.1. The molecule has 0 saturated heterocycles. The number of hydrogen-bond acceptors (Lipinski definition) is 4. The smallest absolute Gasteiger partial charge is 0.258 e. The molecule has 0 fully saturated rings. The van der Waals surface area contributed by atoms with Crippen LogP contribution in [-0.2, 0) is 0 Å². The van der Waals surface area contributed by atoms with Gasteiger partial charge in [0.25, 0.3) is 5.91 Å². The third-order valence-corrected chi connectivity index (χ3v) is 4.00. The molecule has 0 spiro atoms. The summed E-state index contributed by atoms with van der Waals surface area (Å²) < 4.78 is 17.3. The second-order valence-corrected chi connectivity index (χ2v) is 5.99. The third-order valence-electron chi connectivity index (χ3n) is 3.72. The van der Waals surface area contributed by atoms with Crippen LogP contribution in [0.1, 0.15) is 42.4 Å². The number of benzene rings is 2. The molecule has 0 bridgehead atoms. The van der Waals surface area contributed by atoms with E-state index >= 15 is 0 Å². The molecular weight excluding hydrogens is 342 g/mol. The molecule has 3 rings (SSSR count). The van der Waals surface area contributed by atoms with E-state index in [-0.39, 0.29) is 5.91 Å². The van der Waals surface area contributed by atoms with E-state index < -0.39 is 6.23 Å². The zero-order valence-corrected chi connectivity index (χ0v) is 14.9. The Bertz CT molecular complexity index is 778. The zero-order valence-electron chi connectivity index (χ0n) is 14.2. The van der Waals surface area contributed by atoms with Gasteiger partial charge in [-0.25, -0.2) is 0 Å². The van der Waals surface area contributed by atoms with Crippen molar-refractivity contribution >= 4 is 17.5 Å². The van der Waals surface area contributed by atoms with Crippen molar-refractivity contribution in [2.75, 3.05) is 13.2 Å². The van der Waals surface area contributed by atoms with Gasteiger partial charge in [0, 0.05) is 5.56 Å². The molecule has 25 heavy (non-hydrogen) atoms. The van der Waals surface area contributed by atoms with Crippen molar-refractivity contribution in [1.82, 2.24) is 5.32 Å². The summed E-state index contributed by atoms with van der Waals surface area (Å²) in [6.45, 7) is 4.93. The molecule has 1 amide bonds. The van der Waals surface area contributed by atoms with E-state index in [1.807, 2.05) is 19.9 Å². The van der Waals surface area contributed by atoms with Gasteiger partial charge in [0.1, 0.15) is 5.75 Å². The van der Waals surface area contributed by atoms with Gasteiger partial charge in [-0.3, -0.25) is 4.79 Å². The topological polar surface area (TPSA) is 56.8 Å². The maximum absolute atomic E-state index is 12.3. The molecule has 0 saturated carbocycles. The van der Waals surface area contributed by atoms with E-state index in [0.29, 0.717) is 46.6 Å². The van der Waals surface area contributed by atoms with Crippen LogP contribution in [0.15, 0.2) is 36.4 Å². The van der Waals surface area contributed by atoms with Crippen LogP contribution in [0.3, 0.4) is 0 Å². The Kier molecular flexibility index (Phi) is 5.34. The van der Waals surface area contributed by atoms with Crippen molar-refractivity contribution in [2.24, 2.45) is 0 Å². The predicted molar refractivity (Wildman–Crippen MR) is 95.7 cm³/mol. The maximum Gasteiger partial charge on any atom is 0.258 e. The third kappa shape index (κ3) is 3.66. The summed E-state index contributed by atoms with van der Waals surface area (Å²) in [5.41, 5.74) is 1.21. The molecule has 5 nitrogen and oxygen atoms in total. The molecule has 1 aliphatic rings. The van der Waals surface area contributed by atoms with Gasteiger partial charge in [-0.2, -0.15) is 0 Å². The monoisotopic (exact) mass is 361 g/mol. The normalized spacial score (nSPS) is 15.8. The predicted octanol–water partition coefficient (Wildman–Crippen LogP) is 4.35. The molecule has 0 radical (unpaired) electrons. The van der Waals surface area contributed by atoms with Crippen molar-refractivity contribution in [3.63, 3.8) is 0 Å². The fraction of sp³-hybridized carbons (Fsp3) is 0.316. The van der Waals surface area contributed by atoms with E-state index in [1.54, 1.807) is 30.3 Å². The van der Waals surface area contributed by atoms with E-state index in [9.17, 15) is 4.79 Å². The Hall–Kier alpha value is -2.40. The quantitative estimate of drug-likeness (QED) is 0.831. The number of carbonyl (C=O) groups is 1. The van der Waals surface area contributed by atoms with Gasteiger partial charge in [-0.1, -0.05) is 30.7 Å². The van der Waals surface area contributed by atoms with Crippen LogP contribution >= 0.6 is 11.6 Å². The van der Waals surface area contributed by atoms with Crippen LogP contribution in [-0.4, -0.2) is 19.1 Å². The highest BCUT2D eigenvalue weighted by atomic mass is 35.5. The van der Waals surface area contributed by atoms with Crippen molar-refractivity contribution in [2.45, 2.75) is 26.5 Å². The second kappa shape index (κ2) is 7.66. The van der Waals surface area contributed by atoms with Crippen LogP contribution in [0.5, 0.6) is 17.2 Å². The lowest BCUT2D eigenvalue weighted by Crippen LogP contribution is -2.36. The molecular formula is C19H20ClNO4. The average molecular weight is 362 g/mol. The summed E-state index contributed by atoms with van der Waals surface area (Å²) in [6, 6.07) is 10.6. The van der Waals surface area contributed by atoms with E-state index in [0.717, 1.165) is 6.42 Å². The van der Waals surface area contributed by atoms with Crippen molar-refractivity contribution in [3.05, 3.63) is 52.5 Å². The molecule has 0 aliphatic carbocycles. The van der Waals surface area contributed by atoms with Crippen molar-refractivity contribution < 1.29 is 19.0 Å². The number of nitrogens with one attached hydrogen (secondary N) is 1. The number of rotatable bonds is 6. The molecule has 2 aromatic carbocycles. The largest absolute Gasteiger partial charge is 0.490 e. The highest BCUT2D eigenvalue weighted by molar-refractivity contribution is 6.32. The standard InChI is InChI=1S/C19H20ClNO4/c1-3-9-24-17-14(20)10-12(11-16(17)23-4-2)19-21-18(22)13-7-5-6-8-15(13)25-19/h5-8,10-11,19H,3-4,9H2,1-2H3,(H,21,22). The van der Waals surface area contributed by atoms with Crippen LogP contribution in [0.4, 0.5) is 0 Å². The molecule has 0 aromatic heterocycles. The van der Waals surface area contributed by atoms with Gasteiger partial charge < -0.3 is 19.5 Å². The van der Waals surface area contributed by atoms with Gasteiger partial charge >= 0.3 is 0 Å². The highest BCUT2D eigenvalue weighted by Crippen LogP contribution is 2.39. The van der Waals surface area contributed by atoms with Crippen LogP contribution in [0, 0.1) is 0 Å². The second-order valence-electron chi connectivity index (χ2n) is 5.58. The first kappa shape index (κ1) is 17.4. The van der Waals surface area contributed by atoms with E-state index in [4.69, 9.17) is 25.8 Å². The Balaban J connectivity index is 1.94. The van der Waals surface area contributed by atoms with E-state index in [1.165, 1.54) is 0 Å². The van der Waals surface area contributed by atoms with Crippen LogP contribution < -0.4 is 19.5 Å². The Labute approximate surface area is 151 Å². The summed E-state index contributed by atoms with van der Waals surface area (Å²) in [6.07, 6.45) is 0.224. The summed E-state index contributed by atoms with van der Waals surface area (Å²) in [5, 5.41) is 3.25. The molecule has 2 aromatic rings. The minimum absolute atomic E-state index is 0.188. The lowest BCUT2D eigenvalue weighted by atomic mass is 10.1. The molecule has 1 heterocycles. The van der Waals surface area contributed by atoms with Gasteiger partial charge in [0.05, 0.1) is 23.8 Å². The van der Waals surface area contributed by atoms with E-state index in [2.05, 4.69) is 5.32 Å². The number of fused-ring (bicyclic) bond motifs is 1. The minimum Gasteiger partial charge on any atom is -0.490 e. The SMILES string of the molecule is CCCOc1c(Cl)cc(C2NC(=O)c3ccccc3O2)cc1OCC. The number of hydrogen-bond donors (Lipinski definition) is 1. The maximum atomic E-state index is 12.3. The molecule has 1 aliphatic heterocycles. The number of para-hydroxylation sites is 1. The Morgan fingerprint density at radius 1 is 1.20 bits per heavy atom. The fourth-order valence-electron chi connectivity index (χ4n) is 2.61. The molecule has 1 unspecified atom stereocenters. The molecule has 6 heteroatoms. The lowest BCUT2D eigenvalue weighted by molar-refractivity contribution is 0.0755. The number of ether oxygens (including phenoxy) is 3. The highest BCUT2D eigenvalue weighted by Gasteiger charge is 2.28. The summed E-state index contributed by atoms with van der Waals surface area (Å²) in [5.74, 6) is 1.40. The fourth-order valence-corrected chi connectivity index (χ4v) is 2.88.